The third kappa shape index (κ3) is 6.26. The average Bonchev–Trinajstić information content (AvgIpc) is 2.22. The number of likely N-dealkylation sites (N-methyl/N-ethyl adjacent to an activating group) is 1. The van der Waals surface area contributed by atoms with Crippen molar-refractivity contribution in [3.8, 4) is 0 Å². The van der Waals surface area contributed by atoms with Gasteiger partial charge in [0.15, 0.2) is 0 Å². The summed E-state index contributed by atoms with van der Waals surface area (Å²) in [5.74, 6) is -0.215. The SMILES string of the molecule is [CH2]CC[C@H](C(=O)NCC)N(C=O)OC(C)(C)C. The number of carbonyl (C=O) groups is 2. The van der Waals surface area contributed by atoms with Crippen LogP contribution in [0.5, 0.6) is 0 Å². The molecule has 17 heavy (non-hydrogen) atoms. The zero-order chi connectivity index (χ0) is 13.5. The predicted octanol–water partition coefficient (Wildman–Crippen LogP) is 1.29. The van der Waals surface area contributed by atoms with Gasteiger partial charge in [-0.05, 0) is 34.1 Å². The van der Waals surface area contributed by atoms with Crippen molar-refractivity contribution < 1.29 is 14.4 Å². The highest BCUT2D eigenvalue weighted by atomic mass is 16.7. The van der Waals surface area contributed by atoms with Crippen LogP contribution in [-0.4, -0.2) is 35.6 Å². The summed E-state index contributed by atoms with van der Waals surface area (Å²) in [4.78, 5) is 28.3. The first-order valence-corrected chi connectivity index (χ1v) is 5.85. The molecule has 0 fully saturated rings. The standard InChI is InChI=1S/C12H23N2O3/c1-6-8-10(11(16)13-7-2)14(9-15)17-12(3,4)5/h9-10H,1,6-8H2,2-5H3,(H,13,16)/t10-/m1/s1. The maximum absolute atomic E-state index is 11.8. The number of hydrogen-bond acceptors (Lipinski definition) is 3. The Labute approximate surface area is 103 Å². The van der Waals surface area contributed by atoms with Gasteiger partial charge in [0, 0.05) is 6.54 Å². The van der Waals surface area contributed by atoms with Gasteiger partial charge in [-0.1, -0.05) is 13.3 Å². The fourth-order valence-corrected chi connectivity index (χ4v) is 1.33. The van der Waals surface area contributed by atoms with E-state index in [0.29, 0.717) is 25.8 Å². The van der Waals surface area contributed by atoms with Crippen LogP contribution < -0.4 is 5.32 Å². The van der Waals surface area contributed by atoms with Crippen molar-refractivity contribution in [3.63, 3.8) is 0 Å². The Kier molecular flexibility index (Phi) is 6.80. The van der Waals surface area contributed by atoms with Crippen molar-refractivity contribution in [2.24, 2.45) is 0 Å². The van der Waals surface area contributed by atoms with E-state index in [1.165, 1.54) is 0 Å². The van der Waals surface area contributed by atoms with E-state index < -0.39 is 11.6 Å². The van der Waals surface area contributed by atoms with E-state index in [2.05, 4.69) is 12.2 Å². The second-order valence-corrected chi connectivity index (χ2v) is 4.72. The first-order valence-electron chi connectivity index (χ1n) is 5.85. The van der Waals surface area contributed by atoms with Crippen LogP contribution in [0.25, 0.3) is 0 Å². The summed E-state index contributed by atoms with van der Waals surface area (Å²) in [5, 5.41) is 3.76. The third-order valence-electron chi connectivity index (χ3n) is 1.92. The molecule has 0 aliphatic heterocycles. The monoisotopic (exact) mass is 243 g/mol. The Hall–Kier alpha value is -1.10. The summed E-state index contributed by atoms with van der Waals surface area (Å²) in [6, 6.07) is -0.621. The van der Waals surface area contributed by atoms with Crippen molar-refractivity contribution in [2.45, 2.75) is 52.2 Å². The highest BCUT2D eigenvalue weighted by Gasteiger charge is 2.28. The van der Waals surface area contributed by atoms with E-state index in [9.17, 15) is 9.59 Å². The number of nitrogens with zero attached hydrogens (tertiary/aromatic N) is 1. The zero-order valence-electron chi connectivity index (χ0n) is 11.2. The third-order valence-corrected chi connectivity index (χ3v) is 1.92. The lowest BCUT2D eigenvalue weighted by atomic mass is 10.1. The maximum atomic E-state index is 11.8. The Bertz CT molecular complexity index is 249. The summed E-state index contributed by atoms with van der Waals surface area (Å²) in [5.41, 5.74) is -0.521. The van der Waals surface area contributed by atoms with Crippen molar-refractivity contribution in [3.05, 3.63) is 6.92 Å². The molecular formula is C12H23N2O3. The highest BCUT2D eigenvalue weighted by molar-refractivity contribution is 5.83. The van der Waals surface area contributed by atoms with Crippen LogP contribution in [0.15, 0.2) is 0 Å². The molecule has 0 saturated carbocycles. The first-order chi connectivity index (χ1) is 7.85. The zero-order valence-corrected chi connectivity index (χ0v) is 11.2. The molecule has 0 spiro atoms. The van der Waals surface area contributed by atoms with Gasteiger partial charge >= 0.3 is 0 Å². The van der Waals surface area contributed by atoms with Gasteiger partial charge in [0.25, 0.3) is 0 Å². The second-order valence-electron chi connectivity index (χ2n) is 4.72. The number of carbonyl (C=O) groups excluding carboxylic acids is 2. The molecule has 0 heterocycles. The Balaban J connectivity index is 4.73. The summed E-state index contributed by atoms with van der Waals surface area (Å²) in [6.07, 6.45) is 1.57. The maximum Gasteiger partial charge on any atom is 0.245 e. The van der Waals surface area contributed by atoms with E-state index in [1.54, 1.807) is 0 Å². The number of amides is 2. The van der Waals surface area contributed by atoms with E-state index in [-0.39, 0.29) is 5.91 Å². The minimum atomic E-state index is -0.621. The minimum absolute atomic E-state index is 0.215. The number of hydroxylamine groups is 2. The van der Waals surface area contributed by atoms with E-state index in [1.807, 2.05) is 27.7 Å². The molecule has 0 aliphatic rings. The molecule has 0 saturated heterocycles. The Morgan fingerprint density at radius 3 is 2.47 bits per heavy atom. The quantitative estimate of drug-likeness (QED) is 0.541. The lowest BCUT2D eigenvalue weighted by molar-refractivity contribution is -0.231. The average molecular weight is 243 g/mol. The van der Waals surface area contributed by atoms with Crippen LogP contribution >= 0.6 is 0 Å². The molecule has 5 nitrogen and oxygen atoms in total. The van der Waals surface area contributed by atoms with Gasteiger partial charge in [0.2, 0.25) is 12.3 Å². The van der Waals surface area contributed by atoms with Gasteiger partial charge in [0.1, 0.15) is 6.04 Å². The summed E-state index contributed by atoms with van der Waals surface area (Å²) in [6.45, 7) is 11.5. The van der Waals surface area contributed by atoms with Gasteiger partial charge in [-0.25, -0.2) is 5.06 Å². The van der Waals surface area contributed by atoms with E-state index in [4.69, 9.17) is 4.84 Å². The fourth-order valence-electron chi connectivity index (χ4n) is 1.33. The van der Waals surface area contributed by atoms with Gasteiger partial charge in [-0.3, -0.25) is 14.4 Å². The molecule has 0 rings (SSSR count). The van der Waals surface area contributed by atoms with Gasteiger partial charge < -0.3 is 5.32 Å². The molecule has 2 amide bonds. The fraction of sp³-hybridized carbons (Fsp3) is 0.750. The molecule has 0 bridgehead atoms. The molecular weight excluding hydrogens is 220 g/mol. The smallest absolute Gasteiger partial charge is 0.245 e. The Morgan fingerprint density at radius 2 is 2.12 bits per heavy atom. The van der Waals surface area contributed by atoms with Crippen molar-refractivity contribution in [1.29, 1.82) is 0 Å². The van der Waals surface area contributed by atoms with Crippen LogP contribution in [0, 0.1) is 6.92 Å². The van der Waals surface area contributed by atoms with Gasteiger partial charge in [-0.15, -0.1) is 0 Å². The summed E-state index contributed by atoms with van der Waals surface area (Å²) >= 11 is 0. The highest BCUT2D eigenvalue weighted by Crippen LogP contribution is 2.14. The number of rotatable bonds is 7. The molecule has 1 N–H and O–H groups in total. The molecule has 0 aromatic rings. The molecule has 1 radical (unpaired) electrons. The lowest BCUT2D eigenvalue weighted by Crippen LogP contribution is -2.48. The molecule has 99 valence electrons. The van der Waals surface area contributed by atoms with Crippen LogP contribution in [0.4, 0.5) is 0 Å². The molecule has 0 aromatic carbocycles. The molecule has 5 heteroatoms. The molecule has 0 aliphatic carbocycles. The van der Waals surface area contributed by atoms with Crippen molar-refractivity contribution >= 4 is 12.3 Å². The molecule has 1 atom stereocenters. The summed E-state index contributed by atoms with van der Waals surface area (Å²) < 4.78 is 0. The minimum Gasteiger partial charge on any atom is -0.355 e. The van der Waals surface area contributed by atoms with Crippen molar-refractivity contribution in [2.75, 3.05) is 6.54 Å². The first kappa shape index (κ1) is 15.9. The van der Waals surface area contributed by atoms with Gasteiger partial charge in [-0.2, -0.15) is 0 Å². The molecule has 0 unspecified atom stereocenters. The topological polar surface area (TPSA) is 58.6 Å². The van der Waals surface area contributed by atoms with Crippen LogP contribution in [-0.2, 0) is 14.4 Å². The molecule has 0 aromatic heterocycles. The van der Waals surface area contributed by atoms with Crippen molar-refractivity contribution in [1.82, 2.24) is 10.4 Å². The van der Waals surface area contributed by atoms with Gasteiger partial charge in [0.05, 0.1) is 5.60 Å². The largest absolute Gasteiger partial charge is 0.355 e. The normalized spacial score (nSPS) is 13.0. The van der Waals surface area contributed by atoms with E-state index >= 15 is 0 Å². The summed E-state index contributed by atoms with van der Waals surface area (Å²) in [7, 11) is 0. The lowest BCUT2D eigenvalue weighted by Gasteiger charge is -2.32. The Morgan fingerprint density at radius 1 is 1.53 bits per heavy atom. The van der Waals surface area contributed by atoms with Crippen LogP contribution in [0.2, 0.25) is 0 Å². The number of nitrogens with one attached hydrogen (secondary N) is 1. The number of hydrogen-bond donors (Lipinski definition) is 1. The predicted molar refractivity (Wildman–Crippen MR) is 65.8 cm³/mol. The van der Waals surface area contributed by atoms with Crippen LogP contribution in [0.1, 0.15) is 40.5 Å². The van der Waals surface area contributed by atoms with Crippen LogP contribution in [0.3, 0.4) is 0 Å². The van der Waals surface area contributed by atoms with E-state index in [0.717, 1.165) is 5.06 Å². The second kappa shape index (κ2) is 7.27.